The van der Waals surface area contributed by atoms with Crippen LogP contribution in [0.2, 0.25) is 0 Å². The van der Waals surface area contributed by atoms with Crippen molar-refractivity contribution in [2.24, 2.45) is 7.05 Å². The summed E-state index contributed by atoms with van der Waals surface area (Å²) < 4.78 is 16.2. The first-order valence-corrected chi connectivity index (χ1v) is 7.65. The summed E-state index contributed by atoms with van der Waals surface area (Å²) in [6.45, 7) is 1.67. The summed E-state index contributed by atoms with van der Waals surface area (Å²) in [5, 5.41) is 4.10. The molecule has 1 heterocycles. The van der Waals surface area contributed by atoms with Gasteiger partial charge >= 0.3 is 0 Å². The number of rotatable bonds is 4. The van der Waals surface area contributed by atoms with E-state index in [1.807, 2.05) is 49.6 Å². The molecule has 122 valence electrons. The van der Waals surface area contributed by atoms with Gasteiger partial charge in [-0.1, -0.05) is 30.3 Å². The molecule has 0 saturated heterocycles. The molecule has 1 aromatic heterocycles. The lowest BCUT2D eigenvalue weighted by molar-refractivity contribution is -0.116. The second kappa shape index (κ2) is 6.66. The average molecular weight is 323 g/mol. The predicted molar refractivity (Wildman–Crippen MR) is 91.9 cm³/mol. The topological polar surface area (TPSA) is 38.1 Å². The Morgan fingerprint density at radius 1 is 1.17 bits per heavy atom. The van der Waals surface area contributed by atoms with E-state index in [2.05, 4.69) is 5.10 Å². The lowest BCUT2D eigenvalue weighted by atomic mass is 10.1. The maximum Gasteiger partial charge on any atom is 0.224 e. The molecule has 0 spiro atoms. The molecule has 5 heteroatoms. The summed E-state index contributed by atoms with van der Waals surface area (Å²) in [7, 11) is 1.82. The maximum atomic E-state index is 14.5. The van der Waals surface area contributed by atoms with Crippen molar-refractivity contribution in [2.45, 2.75) is 13.5 Å². The Hall–Kier alpha value is -2.95. The van der Waals surface area contributed by atoms with Gasteiger partial charge in [0.2, 0.25) is 5.91 Å². The van der Waals surface area contributed by atoms with E-state index in [-0.39, 0.29) is 18.3 Å². The zero-order valence-corrected chi connectivity index (χ0v) is 13.6. The molecule has 0 saturated carbocycles. The van der Waals surface area contributed by atoms with Gasteiger partial charge in [-0.05, 0) is 23.8 Å². The normalized spacial score (nSPS) is 10.6. The van der Waals surface area contributed by atoms with Crippen molar-refractivity contribution in [3.05, 3.63) is 72.3 Å². The largest absolute Gasteiger partial charge is 0.308 e. The number of carbonyl (C=O) groups is 1. The maximum absolute atomic E-state index is 14.5. The van der Waals surface area contributed by atoms with Crippen molar-refractivity contribution in [3.8, 4) is 11.1 Å². The highest BCUT2D eigenvalue weighted by Gasteiger charge is 2.15. The SMILES string of the molecule is CC(=O)N(Cc1ccc(-c2cnn(C)c2)cc1F)c1ccccc1. The molecule has 24 heavy (non-hydrogen) atoms. The molecule has 4 nitrogen and oxygen atoms in total. The standard InChI is InChI=1S/C19H18FN3O/c1-14(24)23(18-6-4-3-5-7-18)13-16-9-8-15(10-19(16)20)17-11-21-22(2)12-17/h3-12H,13H2,1-2H3. The highest BCUT2D eigenvalue weighted by molar-refractivity contribution is 5.91. The minimum atomic E-state index is -0.335. The summed E-state index contributed by atoms with van der Waals surface area (Å²) in [4.78, 5) is 13.5. The molecule has 0 unspecified atom stereocenters. The molecule has 0 bridgehead atoms. The van der Waals surface area contributed by atoms with Gasteiger partial charge in [0.1, 0.15) is 5.82 Å². The molecule has 0 aliphatic rings. The van der Waals surface area contributed by atoms with Crippen LogP contribution in [0, 0.1) is 5.82 Å². The number of anilines is 1. The molecular weight excluding hydrogens is 305 g/mol. The van der Waals surface area contributed by atoms with E-state index in [1.165, 1.54) is 13.0 Å². The molecule has 0 aliphatic heterocycles. The van der Waals surface area contributed by atoms with E-state index in [4.69, 9.17) is 0 Å². The predicted octanol–water partition coefficient (Wildman–Crippen LogP) is 3.78. The molecule has 2 aromatic carbocycles. The van der Waals surface area contributed by atoms with Crippen LogP contribution < -0.4 is 4.90 Å². The Bertz CT molecular complexity index is 858. The molecule has 3 rings (SSSR count). The van der Waals surface area contributed by atoms with Gasteiger partial charge in [-0.2, -0.15) is 5.10 Å². The monoisotopic (exact) mass is 323 g/mol. The minimum Gasteiger partial charge on any atom is -0.308 e. The molecular formula is C19H18FN3O. The minimum absolute atomic E-state index is 0.128. The fourth-order valence-electron chi connectivity index (χ4n) is 2.59. The molecule has 1 amide bonds. The van der Waals surface area contributed by atoms with Crippen molar-refractivity contribution in [1.29, 1.82) is 0 Å². The van der Waals surface area contributed by atoms with Gasteiger partial charge in [-0.3, -0.25) is 9.48 Å². The van der Waals surface area contributed by atoms with Gasteiger partial charge in [0.05, 0.1) is 12.7 Å². The second-order valence-corrected chi connectivity index (χ2v) is 5.65. The van der Waals surface area contributed by atoms with Crippen LogP contribution in [0.3, 0.4) is 0 Å². The number of halogens is 1. The van der Waals surface area contributed by atoms with Crippen molar-refractivity contribution < 1.29 is 9.18 Å². The first kappa shape index (κ1) is 15.9. The Morgan fingerprint density at radius 2 is 1.92 bits per heavy atom. The first-order chi connectivity index (χ1) is 11.5. The number of carbonyl (C=O) groups excluding carboxylic acids is 1. The van der Waals surface area contributed by atoms with Crippen LogP contribution in [0.5, 0.6) is 0 Å². The van der Waals surface area contributed by atoms with Crippen molar-refractivity contribution in [1.82, 2.24) is 9.78 Å². The van der Waals surface area contributed by atoms with Crippen LogP contribution in [0.15, 0.2) is 60.9 Å². The summed E-state index contributed by atoms with van der Waals surface area (Å²) in [5.74, 6) is -0.463. The third-order valence-corrected chi connectivity index (χ3v) is 3.87. The van der Waals surface area contributed by atoms with E-state index in [0.717, 1.165) is 16.8 Å². The highest BCUT2D eigenvalue weighted by atomic mass is 19.1. The molecule has 0 aliphatic carbocycles. The third kappa shape index (κ3) is 3.35. The zero-order chi connectivity index (χ0) is 17.1. The van der Waals surface area contributed by atoms with Gasteiger partial charge in [0, 0.05) is 37.0 Å². The number of para-hydroxylation sites is 1. The van der Waals surface area contributed by atoms with Crippen molar-refractivity contribution in [2.75, 3.05) is 4.90 Å². The molecule has 3 aromatic rings. The number of benzene rings is 2. The van der Waals surface area contributed by atoms with Crippen LogP contribution in [-0.2, 0) is 18.4 Å². The lowest BCUT2D eigenvalue weighted by Gasteiger charge is -2.21. The van der Waals surface area contributed by atoms with Crippen molar-refractivity contribution in [3.63, 3.8) is 0 Å². The van der Waals surface area contributed by atoms with E-state index < -0.39 is 0 Å². The number of amides is 1. The number of aryl methyl sites for hydroxylation is 1. The van der Waals surface area contributed by atoms with Crippen LogP contribution >= 0.6 is 0 Å². The number of hydrogen-bond acceptors (Lipinski definition) is 2. The average Bonchev–Trinajstić information content (AvgIpc) is 3.00. The van der Waals surface area contributed by atoms with E-state index in [9.17, 15) is 9.18 Å². The van der Waals surface area contributed by atoms with Gasteiger partial charge in [-0.15, -0.1) is 0 Å². The summed E-state index contributed by atoms with van der Waals surface area (Å²) >= 11 is 0. The fourth-order valence-corrected chi connectivity index (χ4v) is 2.59. The summed E-state index contributed by atoms with van der Waals surface area (Å²) in [6.07, 6.45) is 3.53. The van der Waals surface area contributed by atoms with Gasteiger partial charge < -0.3 is 4.90 Å². The molecule has 0 atom stereocenters. The van der Waals surface area contributed by atoms with Crippen LogP contribution in [0.4, 0.5) is 10.1 Å². The number of hydrogen-bond donors (Lipinski definition) is 0. The van der Waals surface area contributed by atoms with Gasteiger partial charge in [-0.25, -0.2) is 4.39 Å². The summed E-state index contributed by atoms with van der Waals surface area (Å²) in [5.41, 5.74) is 2.84. The van der Waals surface area contributed by atoms with Crippen LogP contribution in [-0.4, -0.2) is 15.7 Å². The Morgan fingerprint density at radius 3 is 2.50 bits per heavy atom. The lowest BCUT2D eigenvalue weighted by Crippen LogP contribution is -2.28. The number of nitrogens with zero attached hydrogens (tertiary/aromatic N) is 3. The second-order valence-electron chi connectivity index (χ2n) is 5.65. The molecule has 0 N–H and O–H groups in total. The fraction of sp³-hybridized carbons (Fsp3) is 0.158. The third-order valence-electron chi connectivity index (χ3n) is 3.87. The Balaban J connectivity index is 1.88. The molecule has 0 radical (unpaired) electrons. The van der Waals surface area contributed by atoms with Gasteiger partial charge in [0.25, 0.3) is 0 Å². The van der Waals surface area contributed by atoms with Gasteiger partial charge in [0.15, 0.2) is 0 Å². The first-order valence-electron chi connectivity index (χ1n) is 7.65. The smallest absolute Gasteiger partial charge is 0.224 e. The molecule has 0 fully saturated rings. The van der Waals surface area contributed by atoms with E-state index in [1.54, 1.807) is 21.8 Å². The van der Waals surface area contributed by atoms with Crippen LogP contribution in [0.25, 0.3) is 11.1 Å². The number of aromatic nitrogens is 2. The Kier molecular flexibility index (Phi) is 4.42. The van der Waals surface area contributed by atoms with E-state index in [0.29, 0.717) is 5.56 Å². The highest BCUT2D eigenvalue weighted by Crippen LogP contribution is 2.24. The summed E-state index contributed by atoms with van der Waals surface area (Å²) in [6, 6.07) is 14.3. The van der Waals surface area contributed by atoms with E-state index >= 15 is 0 Å². The Labute approximate surface area is 140 Å². The van der Waals surface area contributed by atoms with Crippen molar-refractivity contribution >= 4 is 11.6 Å². The van der Waals surface area contributed by atoms with Crippen LogP contribution in [0.1, 0.15) is 12.5 Å². The zero-order valence-electron chi connectivity index (χ0n) is 13.6. The quantitative estimate of drug-likeness (QED) is 0.733.